The van der Waals surface area contributed by atoms with Gasteiger partial charge in [-0.2, -0.15) is 0 Å². The Kier molecular flexibility index (Phi) is 3.02. The third-order valence-corrected chi connectivity index (χ3v) is 4.46. The molecule has 3 aromatic rings. The summed E-state index contributed by atoms with van der Waals surface area (Å²) in [6.45, 7) is 2.12. The van der Waals surface area contributed by atoms with Gasteiger partial charge in [0, 0.05) is 12.4 Å². The summed E-state index contributed by atoms with van der Waals surface area (Å²) in [5, 5.41) is 0.751. The molecule has 0 amide bonds. The minimum atomic E-state index is 0.751. The van der Waals surface area contributed by atoms with Crippen LogP contribution >= 0.6 is 22.9 Å². The van der Waals surface area contributed by atoms with E-state index in [2.05, 4.69) is 29.0 Å². The highest BCUT2D eigenvalue weighted by atomic mass is 35.5. The zero-order valence-electron chi connectivity index (χ0n) is 9.85. The highest BCUT2D eigenvalue weighted by Crippen LogP contribution is 2.35. The maximum atomic E-state index is 6.16. The molecule has 0 atom stereocenters. The highest BCUT2D eigenvalue weighted by molar-refractivity contribution is 7.22. The van der Waals surface area contributed by atoms with Gasteiger partial charge in [0.25, 0.3) is 0 Å². The number of pyridine rings is 2. The van der Waals surface area contributed by atoms with Crippen molar-refractivity contribution >= 4 is 33.2 Å². The summed E-state index contributed by atoms with van der Waals surface area (Å²) in [6.07, 6.45) is 4.66. The fourth-order valence-corrected chi connectivity index (χ4v) is 3.08. The molecule has 0 spiro atoms. The molecular weight excluding hydrogens is 264 g/mol. The normalized spacial score (nSPS) is 11.0. The molecule has 3 rings (SSSR count). The second-order valence-corrected chi connectivity index (χ2v) is 5.48. The summed E-state index contributed by atoms with van der Waals surface area (Å²) in [7, 11) is 0. The van der Waals surface area contributed by atoms with E-state index in [-0.39, 0.29) is 0 Å². The Hall–Kier alpha value is -1.45. The van der Waals surface area contributed by atoms with Crippen molar-refractivity contribution in [2.75, 3.05) is 0 Å². The number of fused-ring (bicyclic) bond motifs is 1. The molecule has 18 heavy (non-hydrogen) atoms. The first-order valence-corrected chi connectivity index (χ1v) is 6.96. The summed E-state index contributed by atoms with van der Waals surface area (Å²) >= 11 is 7.79. The van der Waals surface area contributed by atoms with Crippen molar-refractivity contribution in [3.63, 3.8) is 0 Å². The number of aryl methyl sites for hydroxylation is 1. The Morgan fingerprint density at radius 1 is 1.22 bits per heavy atom. The van der Waals surface area contributed by atoms with E-state index in [1.807, 2.05) is 18.3 Å². The Morgan fingerprint density at radius 2 is 2.11 bits per heavy atom. The van der Waals surface area contributed by atoms with E-state index in [4.69, 9.17) is 11.6 Å². The molecule has 3 aromatic heterocycles. The second-order valence-electron chi connectivity index (χ2n) is 4.02. The number of thiophene rings is 1. The summed E-state index contributed by atoms with van der Waals surface area (Å²) in [5.74, 6) is 0. The summed E-state index contributed by atoms with van der Waals surface area (Å²) < 4.78 is 1.02. The highest BCUT2D eigenvalue weighted by Gasteiger charge is 2.08. The summed E-state index contributed by atoms with van der Waals surface area (Å²) in [4.78, 5) is 9.91. The second kappa shape index (κ2) is 4.67. The van der Waals surface area contributed by atoms with E-state index in [0.717, 1.165) is 32.2 Å². The minimum Gasteiger partial charge on any atom is -0.255 e. The zero-order valence-corrected chi connectivity index (χ0v) is 11.4. The molecule has 0 aliphatic carbocycles. The lowest BCUT2D eigenvalue weighted by Gasteiger charge is -1.98. The van der Waals surface area contributed by atoms with Crippen LogP contribution in [0.25, 0.3) is 20.8 Å². The molecule has 3 heterocycles. The van der Waals surface area contributed by atoms with Crippen molar-refractivity contribution in [3.8, 4) is 10.6 Å². The number of rotatable bonds is 2. The zero-order chi connectivity index (χ0) is 12.5. The van der Waals surface area contributed by atoms with E-state index in [1.165, 1.54) is 5.56 Å². The lowest BCUT2D eigenvalue weighted by Crippen LogP contribution is -1.84. The van der Waals surface area contributed by atoms with Crippen LogP contribution in [0.3, 0.4) is 0 Å². The molecule has 0 fully saturated rings. The van der Waals surface area contributed by atoms with E-state index in [9.17, 15) is 0 Å². The van der Waals surface area contributed by atoms with E-state index in [1.54, 1.807) is 17.5 Å². The smallest absolute Gasteiger partial charge is 0.0831 e. The Balaban J connectivity index is 2.10. The van der Waals surface area contributed by atoms with Crippen LogP contribution in [0, 0.1) is 0 Å². The van der Waals surface area contributed by atoms with Gasteiger partial charge in [0.1, 0.15) is 0 Å². The van der Waals surface area contributed by atoms with Crippen LogP contribution in [0.5, 0.6) is 0 Å². The number of halogens is 1. The first-order chi connectivity index (χ1) is 8.78. The van der Waals surface area contributed by atoms with Crippen LogP contribution in [0.1, 0.15) is 12.5 Å². The maximum absolute atomic E-state index is 6.16. The fourth-order valence-electron chi connectivity index (χ4n) is 1.81. The van der Waals surface area contributed by atoms with Crippen LogP contribution < -0.4 is 0 Å². The number of nitrogens with zero attached hydrogens (tertiary/aromatic N) is 2. The van der Waals surface area contributed by atoms with Crippen molar-refractivity contribution in [2.45, 2.75) is 13.3 Å². The average Bonchev–Trinajstić information content (AvgIpc) is 2.84. The third-order valence-electron chi connectivity index (χ3n) is 2.85. The Morgan fingerprint density at radius 3 is 2.78 bits per heavy atom. The first-order valence-electron chi connectivity index (χ1n) is 5.77. The van der Waals surface area contributed by atoms with Gasteiger partial charge in [0.15, 0.2) is 0 Å². The molecule has 0 aliphatic rings. The largest absolute Gasteiger partial charge is 0.255 e. The van der Waals surface area contributed by atoms with Crippen molar-refractivity contribution in [2.24, 2.45) is 0 Å². The molecule has 4 heteroatoms. The first kappa shape index (κ1) is 11.6. The summed E-state index contributed by atoms with van der Waals surface area (Å²) in [5.41, 5.74) is 3.16. The predicted octanol–water partition coefficient (Wildman–Crippen LogP) is 4.57. The standard InChI is InChI=1S/C14H11ClN2S/c1-2-9-3-4-11(17-8-9)13-7-12-14(18-13)10(15)5-6-16-12/h3-8H,2H2,1H3. The molecule has 0 N–H and O–H groups in total. The van der Waals surface area contributed by atoms with Gasteiger partial charge >= 0.3 is 0 Å². The Bertz CT molecular complexity index is 689. The molecule has 0 saturated carbocycles. The van der Waals surface area contributed by atoms with Crippen LogP contribution in [0.4, 0.5) is 0 Å². The van der Waals surface area contributed by atoms with Crippen LogP contribution in [0.15, 0.2) is 36.7 Å². The molecule has 0 aromatic carbocycles. The number of aromatic nitrogens is 2. The van der Waals surface area contributed by atoms with Crippen molar-refractivity contribution in [3.05, 3.63) is 47.2 Å². The van der Waals surface area contributed by atoms with Crippen molar-refractivity contribution in [1.29, 1.82) is 0 Å². The molecule has 0 saturated heterocycles. The van der Waals surface area contributed by atoms with Crippen LogP contribution in [-0.2, 0) is 6.42 Å². The van der Waals surface area contributed by atoms with Gasteiger partial charge in [-0.1, -0.05) is 24.6 Å². The lowest BCUT2D eigenvalue weighted by atomic mass is 10.2. The van der Waals surface area contributed by atoms with Crippen molar-refractivity contribution in [1.82, 2.24) is 9.97 Å². The molecule has 2 nitrogen and oxygen atoms in total. The third kappa shape index (κ3) is 2.00. The van der Waals surface area contributed by atoms with Crippen molar-refractivity contribution < 1.29 is 0 Å². The Labute approximate surface area is 114 Å². The van der Waals surface area contributed by atoms with E-state index < -0.39 is 0 Å². The SMILES string of the molecule is CCc1ccc(-c2cc3nccc(Cl)c3s2)nc1. The molecule has 90 valence electrons. The van der Waals surface area contributed by atoms with Gasteiger partial charge in [0.2, 0.25) is 0 Å². The molecule has 0 radical (unpaired) electrons. The molecule has 0 aliphatic heterocycles. The van der Waals surface area contributed by atoms with E-state index >= 15 is 0 Å². The van der Waals surface area contributed by atoms with E-state index in [0.29, 0.717) is 0 Å². The van der Waals surface area contributed by atoms with Gasteiger partial charge in [-0.05, 0) is 30.2 Å². The van der Waals surface area contributed by atoms with Gasteiger partial charge in [-0.3, -0.25) is 9.97 Å². The quantitative estimate of drug-likeness (QED) is 0.684. The fraction of sp³-hybridized carbons (Fsp3) is 0.143. The monoisotopic (exact) mass is 274 g/mol. The van der Waals surface area contributed by atoms with Gasteiger partial charge in [-0.25, -0.2) is 0 Å². The molecule has 0 unspecified atom stereocenters. The topological polar surface area (TPSA) is 25.8 Å². The van der Waals surface area contributed by atoms with Gasteiger partial charge in [-0.15, -0.1) is 11.3 Å². The van der Waals surface area contributed by atoms with Crippen LogP contribution in [0.2, 0.25) is 5.02 Å². The number of hydrogen-bond donors (Lipinski definition) is 0. The predicted molar refractivity (Wildman–Crippen MR) is 77.2 cm³/mol. The molecular formula is C14H11ClN2S. The van der Waals surface area contributed by atoms with Gasteiger partial charge < -0.3 is 0 Å². The summed E-state index contributed by atoms with van der Waals surface area (Å²) in [6, 6.07) is 8.02. The molecule has 0 bridgehead atoms. The lowest BCUT2D eigenvalue weighted by molar-refractivity contribution is 1.11. The van der Waals surface area contributed by atoms with Crippen LogP contribution in [-0.4, -0.2) is 9.97 Å². The average molecular weight is 275 g/mol. The maximum Gasteiger partial charge on any atom is 0.0831 e. The minimum absolute atomic E-state index is 0.751. The number of hydrogen-bond acceptors (Lipinski definition) is 3. The van der Waals surface area contributed by atoms with Gasteiger partial charge in [0.05, 0.1) is 25.8 Å².